The van der Waals surface area contributed by atoms with Crippen molar-refractivity contribution in [2.75, 3.05) is 0 Å². The van der Waals surface area contributed by atoms with E-state index < -0.39 is 0 Å². The predicted molar refractivity (Wildman–Crippen MR) is 74.7 cm³/mol. The van der Waals surface area contributed by atoms with Crippen LogP contribution in [0.2, 0.25) is 0 Å². The molecule has 0 spiro atoms. The summed E-state index contributed by atoms with van der Waals surface area (Å²) in [6, 6.07) is -0.114. The molecule has 19 heavy (non-hydrogen) atoms. The van der Waals surface area contributed by atoms with Crippen LogP contribution in [0.5, 0.6) is 0 Å². The second-order valence-corrected chi connectivity index (χ2v) is 5.47. The molecule has 0 fully saturated rings. The maximum atomic E-state index is 11.9. The van der Waals surface area contributed by atoms with Crippen LogP contribution in [0.4, 0.5) is 0 Å². The van der Waals surface area contributed by atoms with Gasteiger partial charge in [0.2, 0.25) is 5.89 Å². The highest BCUT2D eigenvalue weighted by atomic mass is 16.3. The van der Waals surface area contributed by atoms with Gasteiger partial charge in [-0.05, 0) is 25.7 Å². The van der Waals surface area contributed by atoms with E-state index >= 15 is 0 Å². The van der Waals surface area contributed by atoms with Crippen LogP contribution in [0, 0.1) is 5.92 Å². The first-order chi connectivity index (χ1) is 8.93. The molecule has 2 unspecified atom stereocenters. The summed E-state index contributed by atoms with van der Waals surface area (Å²) in [5, 5.41) is 2.89. The van der Waals surface area contributed by atoms with Crippen molar-refractivity contribution in [2.45, 2.75) is 59.0 Å². The molecule has 5 heteroatoms. The number of nitrogens with zero attached hydrogens (tertiary/aromatic N) is 1. The quantitative estimate of drug-likeness (QED) is 0.795. The van der Waals surface area contributed by atoms with Crippen molar-refractivity contribution in [3.05, 3.63) is 17.8 Å². The number of rotatable bonds is 7. The van der Waals surface area contributed by atoms with Crippen LogP contribution in [-0.2, 0) is 0 Å². The van der Waals surface area contributed by atoms with Gasteiger partial charge >= 0.3 is 0 Å². The second kappa shape index (κ2) is 7.28. The van der Waals surface area contributed by atoms with Gasteiger partial charge in [0, 0.05) is 6.04 Å². The van der Waals surface area contributed by atoms with E-state index in [1.54, 1.807) is 0 Å². The molecule has 1 rings (SSSR count). The highest BCUT2D eigenvalue weighted by Gasteiger charge is 2.18. The van der Waals surface area contributed by atoms with E-state index in [1.165, 1.54) is 6.26 Å². The van der Waals surface area contributed by atoms with Crippen LogP contribution in [0.25, 0.3) is 0 Å². The predicted octanol–water partition coefficient (Wildman–Crippen LogP) is 2.64. The molecule has 108 valence electrons. The summed E-state index contributed by atoms with van der Waals surface area (Å²) in [5.74, 6) is 0.693. The third-order valence-electron chi connectivity index (χ3n) is 2.90. The van der Waals surface area contributed by atoms with E-state index in [0.29, 0.717) is 17.5 Å². The van der Waals surface area contributed by atoms with Crippen molar-refractivity contribution in [1.29, 1.82) is 0 Å². The average molecular weight is 267 g/mol. The summed E-state index contributed by atoms with van der Waals surface area (Å²) in [6.07, 6.45) is 4.14. The fourth-order valence-corrected chi connectivity index (χ4v) is 1.97. The summed E-state index contributed by atoms with van der Waals surface area (Å²) in [4.78, 5) is 16.1. The maximum absolute atomic E-state index is 11.9. The number of oxazole rings is 1. The molecule has 2 atom stereocenters. The Morgan fingerprint density at radius 2 is 2.16 bits per heavy atom. The van der Waals surface area contributed by atoms with Gasteiger partial charge in [-0.25, -0.2) is 4.98 Å². The van der Waals surface area contributed by atoms with Crippen LogP contribution in [0.3, 0.4) is 0 Å². The number of hydrogen-bond acceptors (Lipinski definition) is 4. The minimum absolute atomic E-state index is 0.141. The van der Waals surface area contributed by atoms with E-state index in [0.717, 1.165) is 19.3 Å². The van der Waals surface area contributed by atoms with E-state index in [9.17, 15) is 4.79 Å². The molecule has 1 amide bonds. The highest BCUT2D eigenvalue weighted by Crippen LogP contribution is 2.18. The van der Waals surface area contributed by atoms with Crippen molar-refractivity contribution in [3.63, 3.8) is 0 Å². The Bertz CT molecular complexity index is 401. The Hall–Kier alpha value is -1.36. The summed E-state index contributed by atoms with van der Waals surface area (Å²) >= 11 is 0. The van der Waals surface area contributed by atoms with Crippen molar-refractivity contribution >= 4 is 5.91 Å². The molecule has 0 aliphatic rings. The molecular weight excluding hydrogens is 242 g/mol. The van der Waals surface area contributed by atoms with Crippen LogP contribution in [0.1, 0.15) is 69.4 Å². The van der Waals surface area contributed by atoms with E-state index in [-0.39, 0.29) is 18.0 Å². The van der Waals surface area contributed by atoms with E-state index in [4.69, 9.17) is 10.2 Å². The third-order valence-corrected chi connectivity index (χ3v) is 2.90. The Morgan fingerprint density at radius 3 is 2.74 bits per heavy atom. The number of nitrogens with two attached hydrogens (primary N) is 1. The van der Waals surface area contributed by atoms with Gasteiger partial charge in [-0.15, -0.1) is 0 Å². The SMILES string of the molecule is CCCC(C)NC(=O)c1coc(C(N)CC(C)C)n1. The van der Waals surface area contributed by atoms with Gasteiger partial charge in [0.25, 0.3) is 5.91 Å². The third kappa shape index (κ3) is 5.03. The van der Waals surface area contributed by atoms with Gasteiger partial charge in [0.05, 0.1) is 6.04 Å². The topological polar surface area (TPSA) is 81.2 Å². The number of aromatic nitrogens is 1. The zero-order valence-electron chi connectivity index (χ0n) is 12.3. The lowest BCUT2D eigenvalue weighted by Gasteiger charge is -2.11. The minimum Gasteiger partial charge on any atom is -0.446 e. The number of hydrogen-bond donors (Lipinski definition) is 2. The summed E-state index contributed by atoms with van der Waals surface area (Å²) < 4.78 is 5.29. The lowest BCUT2D eigenvalue weighted by atomic mass is 10.0. The van der Waals surface area contributed by atoms with Crippen molar-refractivity contribution < 1.29 is 9.21 Å². The van der Waals surface area contributed by atoms with Crippen molar-refractivity contribution in [1.82, 2.24) is 10.3 Å². The van der Waals surface area contributed by atoms with Gasteiger partial charge in [0.1, 0.15) is 6.26 Å². The van der Waals surface area contributed by atoms with Crippen LogP contribution in [-0.4, -0.2) is 16.9 Å². The summed E-state index contributed by atoms with van der Waals surface area (Å²) in [6.45, 7) is 8.24. The average Bonchev–Trinajstić information content (AvgIpc) is 2.77. The molecule has 0 bridgehead atoms. The monoisotopic (exact) mass is 267 g/mol. The normalized spacial score (nSPS) is 14.4. The van der Waals surface area contributed by atoms with Gasteiger partial charge in [0.15, 0.2) is 5.69 Å². The van der Waals surface area contributed by atoms with Gasteiger partial charge in [-0.1, -0.05) is 27.2 Å². The first kappa shape index (κ1) is 15.7. The van der Waals surface area contributed by atoms with Gasteiger partial charge in [-0.2, -0.15) is 0 Å². The van der Waals surface area contributed by atoms with Crippen molar-refractivity contribution in [3.8, 4) is 0 Å². The van der Waals surface area contributed by atoms with Crippen LogP contribution < -0.4 is 11.1 Å². The second-order valence-electron chi connectivity index (χ2n) is 5.47. The van der Waals surface area contributed by atoms with Crippen LogP contribution in [0.15, 0.2) is 10.7 Å². The van der Waals surface area contributed by atoms with Gasteiger partial charge in [-0.3, -0.25) is 4.79 Å². The molecule has 3 N–H and O–H groups in total. The molecule has 1 aromatic rings. The zero-order valence-corrected chi connectivity index (χ0v) is 12.3. The first-order valence-corrected chi connectivity index (χ1v) is 6.95. The number of carbonyl (C=O) groups is 1. The first-order valence-electron chi connectivity index (χ1n) is 6.95. The molecule has 0 saturated carbocycles. The Kier molecular flexibility index (Phi) is 6.02. The molecule has 0 aliphatic carbocycles. The minimum atomic E-state index is -0.255. The standard InChI is InChI=1S/C14H25N3O2/c1-5-6-10(4)16-13(18)12-8-19-14(17-12)11(15)7-9(2)3/h8-11H,5-7,15H2,1-4H3,(H,16,18). The van der Waals surface area contributed by atoms with Crippen molar-refractivity contribution in [2.24, 2.45) is 11.7 Å². The molecular formula is C14H25N3O2. The van der Waals surface area contributed by atoms with E-state index in [1.807, 2.05) is 6.92 Å². The summed E-state index contributed by atoms with van der Waals surface area (Å²) in [5.41, 5.74) is 6.27. The molecule has 0 saturated heterocycles. The van der Waals surface area contributed by atoms with E-state index in [2.05, 4.69) is 31.1 Å². The molecule has 0 aromatic carbocycles. The molecule has 0 radical (unpaired) electrons. The smallest absolute Gasteiger partial charge is 0.273 e. The Balaban J connectivity index is 2.61. The van der Waals surface area contributed by atoms with Crippen LogP contribution >= 0.6 is 0 Å². The summed E-state index contributed by atoms with van der Waals surface area (Å²) in [7, 11) is 0. The number of amides is 1. The number of carbonyl (C=O) groups excluding carboxylic acids is 1. The largest absolute Gasteiger partial charge is 0.446 e. The Labute approximate surface area is 115 Å². The fourth-order valence-electron chi connectivity index (χ4n) is 1.97. The molecule has 1 aromatic heterocycles. The molecule has 5 nitrogen and oxygen atoms in total. The lowest BCUT2D eigenvalue weighted by molar-refractivity contribution is 0.0933. The Morgan fingerprint density at radius 1 is 1.47 bits per heavy atom. The highest BCUT2D eigenvalue weighted by molar-refractivity contribution is 5.92. The fraction of sp³-hybridized carbons (Fsp3) is 0.714. The van der Waals surface area contributed by atoms with Gasteiger partial charge < -0.3 is 15.5 Å². The lowest BCUT2D eigenvalue weighted by Crippen LogP contribution is -2.32. The maximum Gasteiger partial charge on any atom is 0.273 e. The number of nitrogens with one attached hydrogen (secondary N) is 1. The molecule has 1 heterocycles. The molecule has 0 aliphatic heterocycles. The zero-order chi connectivity index (χ0) is 14.4.